The summed E-state index contributed by atoms with van der Waals surface area (Å²) in [5, 5.41) is 2.90. The number of fused-ring (bicyclic) bond motifs is 1. The van der Waals surface area contributed by atoms with Crippen molar-refractivity contribution in [2.24, 2.45) is 0 Å². The van der Waals surface area contributed by atoms with Gasteiger partial charge in [0.25, 0.3) is 11.8 Å². The van der Waals surface area contributed by atoms with Gasteiger partial charge in [-0.3, -0.25) is 24.2 Å². The Kier molecular flexibility index (Phi) is 6.29. The van der Waals surface area contributed by atoms with Gasteiger partial charge in [-0.2, -0.15) is 0 Å². The smallest absolute Gasteiger partial charge is 0.262 e. The van der Waals surface area contributed by atoms with Crippen LogP contribution in [-0.4, -0.2) is 74.0 Å². The van der Waals surface area contributed by atoms with Crippen LogP contribution in [0.3, 0.4) is 0 Å². The van der Waals surface area contributed by atoms with E-state index < -0.39 is 11.8 Å². The quantitative estimate of drug-likeness (QED) is 0.679. The van der Waals surface area contributed by atoms with Gasteiger partial charge in [-0.15, -0.1) is 0 Å². The van der Waals surface area contributed by atoms with E-state index in [4.69, 9.17) is 9.47 Å². The number of ether oxygens (including phenoxy) is 2. The fourth-order valence-electron chi connectivity index (χ4n) is 3.97. The van der Waals surface area contributed by atoms with Gasteiger partial charge in [-0.25, -0.2) is 0 Å². The molecule has 0 saturated carbocycles. The minimum absolute atomic E-state index is 0.0547. The van der Waals surface area contributed by atoms with Gasteiger partial charge in [0, 0.05) is 19.6 Å². The SMILES string of the molecule is COc1ccc([C@H](CNC(=O)CN2C(=O)c3ccccc3C2=O)N2CCOCC2)cc1. The second kappa shape index (κ2) is 9.28. The molecule has 0 unspecified atom stereocenters. The summed E-state index contributed by atoms with van der Waals surface area (Å²) in [6.07, 6.45) is 0. The number of hydrogen-bond donors (Lipinski definition) is 1. The first kappa shape index (κ1) is 21.0. The first-order valence-corrected chi connectivity index (χ1v) is 10.3. The highest BCUT2D eigenvalue weighted by Gasteiger charge is 2.36. The third kappa shape index (κ3) is 4.45. The maximum absolute atomic E-state index is 12.6. The van der Waals surface area contributed by atoms with Crippen molar-refractivity contribution in [1.29, 1.82) is 0 Å². The number of hydrogen-bond acceptors (Lipinski definition) is 6. The first-order chi connectivity index (χ1) is 15.1. The third-order valence-corrected chi connectivity index (χ3v) is 5.66. The van der Waals surface area contributed by atoms with E-state index in [1.54, 1.807) is 31.4 Å². The summed E-state index contributed by atoms with van der Waals surface area (Å²) in [5.74, 6) is -0.480. The van der Waals surface area contributed by atoms with Crippen LogP contribution in [0.15, 0.2) is 48.5 Å². The second-order valence-corrected chi connectivity index (χ2v) is 7.48. The highest BCUT2D eigenvalue weighted by molar-refractivity contribution is 6.22. The molecule has 8 nitrogen and oxygen atoms in total. The lowest BCUT2D eigenvalue weighted by Gasteiger charge is -2.35. The number of morpholine rings is 1. The van der Waals surface area contributed by atoms with Crippen LogP contribution < -0.4 is 10.1 Å². The highest BCUT2D eigenvalue weighted by atomic mass is 16.5. The molecule has 2 aromatic rings. The minimum atomic E-state index is -0.435. The summed E-state index contributed by atoms with van der Waals surface area (Å²) in [5.41, 5.74) is 1.72. The maximum atomic E-state index is 12.6. The van der Waals surface area contributed by atoms with Crippen molar-refractivity contribution >= 4 is 17.7 Å². The Hall–Kier alpha value is -3.23. The van der Waals surface area contributed by atoms with Gasteiger partial charge >= 0.3 is 0 Å². The van der Waals surface area contributed by atoms with Crippen LogP contribution >= 0.6 is 0 Å². The molecule has 4 rings (SSSR count). The van der Waals surface area contributed by atoms with Crippen molar-refractivity contribution in [3.05, 3.63) is 65.2 Å². The molecule has 1 atom stereocenters. The molecule has 31 heavy (non-hydrogen) atoms. The molecule has 0 bridgehead atoms. The molecule has 8 heteroatoms. The van der Waals surface area contributed by atoms with E-state index in [1.165, 1.54) is 0 Å². The molecule has 0 aliphatic carbocycles. The molecule has 2 aliphatic rings. The number of benzene rings is 2. The molecular weight excluding hydrogens is 398 g/mol. The van der Waals surface area contributed by atoms with Crippen LogP contribution in [0, 0.1) is 0 Å². The number of nitrogens with one attached hydrogen (secondary N) is 1. The number of carbonyl (C=O) groups excluding carboxylic acids is 3. The molecule has 0 aromatic heterocycles. The second-order valence-electron chi connectivity index (χ2n) is 7.48. The molecule has 0 radical (unpaired) electrons. The van der Waals surface area contributed by atoms with E-state index in [-0.39, 0.29) is 18.5 Å². The fourth-order valence-corrected chi connectivity index (χ4v) is 3.97. The van der Waals surface area contributed by atoms with E-state index in [0.717, 1.165) is 29.3 Å². The predicted molar refractivity (Wildman–Crippen MR) is 113 cm³/mol. The molecular formula is C23H25N3O5. The fraction of sp³-hybridized carbons (Fsp3) is 0.348. The Morgan fingerprint density at radius 1 is 1.03 bits per heavy atom. The van der Waals surface area contributed by atoms with E-state index in [0.29, 0.717) is 30.9 Å². The Bertz CT molecular complexity index is 934. The molecule has 1 fully saturated rings. The minimum Gasteiger partial charge on any atom is -0.497 e. The number of amides is 3. The Balaban J connectivity index is 1.42. The van der Waals surface area contributed by atoms with Gasteiger partial charge in [-0.05, 0) is 29.8 Å². The van der Waals surface area contributed by atoms with Crippen molar-refractivity contribution in [3.8, 4) is 5.75 Å². The molecule has 1 saturated heterocycles. The lowest BCUT2D eigenvalue weighted by atomic mass is 10.0. The largest absolute Gasteiger partial charge is 0.497 e. The van der Waals surface area contributed by atoms with Crippen LogP contribution in [0.25, 0.3) is 0 Å². The molecule has 2 heterocycles. The summed E-state index contributed by atoms with van der Waals surface area (Å²) in [7, 11) is 1.62. The number of nitrogens with zero attached hydrogens (tertiary/aromatic N) is 2. The average molecular weight is 423 g/mol. The number of carbonyl (C=O) groups is 3. The molecule has 3 amide bonds. The zero-order valence-corrected chi connectivity index (χ0v) is 17.4. The van der Waals surface area contributed by atoms with Crippen molar-refractivity contribution in [2.45, 2.75) is 6.04 Å². The lowest BCUT2D eigenvalue weighted by molar-refractivity contribution is -0.121. The molecule has 162 valence electrons. The number of methoxy groups -OCH3 is 1. The van der Waals surface area contributed by atoms with Gasteiger partial charge in [-0.1, -0.05) is 24.3 Å². The summed E-state index contributed by atoms with van der Waals surface area (Å²) >= 11 is 0. The van der Waals surface area contributed by atoms with Gasteiger partial charge in [0.2, 0.25) is 5.91 Å². The molecule has 1 N–H and O–H groups in total. The van der Waals surface area contributed by atoms with Crippen LogP contribution in [0.1, 0.15) is 32.3 Å². The monoisotopic (exact) mass is 423 g/mol. The summed E-state index contributed by atoms with van der Waals surface area (Å²) < 4.78 is 10.7. The summed E-state index contributed by atoms with van der Waals surface area (Å²) in [6.45, 7) is 2.83. The lowest BCUT2D eigenvalue weighted by Crippen LogP contribution is -2.46. The van der Waals surface area contributed by atoms with E-state index in [1.807, 2.05) is 24.3 Å². The van der Waals surface area contributed by atoms with Crippen LogP contribution in [0.4, 0.5) is 0 Å². The van der Waals surface area contributed by atoms with Gasteiger partial charge in [0.1, 0.15) is 12.3 Å². The van der Waals surface area contributed by atoms with Crippen molar-refractivity contribution in [3.63, 3.8) is 0 Å². The van der Waals surface area contributed by atoms with Crippen molar-refractivity contribution < 1.29 is 23.9 Å². The van der Waals surface area contributed by atoms with Crippen molar-refractivity contribution in [2.75, 3.05) is 46.5 Å². The average Bonchev–Trinajstić information content (AvgIpc) is 3.05. The zero-order valence-electron chi connectivity index (χ0n) is 17.4. The summed E-state index contributed by atoms with van der Waals surface area (Å²) in [4.78, 5) is 40.9. The molecule has 0 spiro atoms. The Morgan fingerprint density at radius 3 is 2.23 bits per heavy atom. The highest BCUT2D eigenvalue weighted by Crippen LogP contribution is 2.24. The van der Waals surface area contributed by atoms with E-state index >= 15 is 0 Å². The zero-order chi connectivity index (χ0) is 21.8. The molecule has 2 aromatic carbocycles. The van der Waals surface area contributed by atoms with E-state index in [2.05, 4.69) is 10.2 Å². The van der Waals surface area contributed by atoms with E-state index in [9.17, 15) is 14.4 Å². The van der Waals surface area contributed by atoms with Crippen LogP contribution in [-0.2, 0) is 9.53 Å². The Morgan fingerprint density at radius 2 is 1.65 bits per heavy atom. The van der Waals surface area contributed by atoms with Gasteiger partial charge in [0.15, 0.2) is 0 Å². The van der Waals surface area contributed by atoms with Crippen molar-refractivity contribution in [1.82, 2.24) is 15.1 Å². The maximum Gasteiger partial charge on any atom is 0.262 e. The normalized spacial score (nSPS) is 17.4. The number of imide groups is 1. The predicted octanol–water partition coefficient (Wildman–Crippen LogP) is 1.48. The number of rotatable bonds is 7. The first-order valence-electron chi connectivity index (χ1n) is 10.3. The topological polar surface area (TPSA) is 88.2 Å². The van der Waals surface area contributed by atoms with Crippen LogP contribution in [0.2, 0.25) is 0 Å². The molecule has 2 aliphatic heterocycles. The van der Waals surface area contributed by atoms with Crippen LogP contribution in [0.5, 0.6) is 5.75 Å². The Labute approximate surface area is 180 Å². The third-order valence-electron chi connectivity index (χ3n) is 5.66. The summed E-state index contributed by atoms with van der Waals surface area (Å²) in [6, 6.07) is 14.3. The standard InChI is InChI=1S/C23H25N3O5/c1-30-17-8-6-16(7-9-17)20(25-10-12-31-13-11-25)14-24-21(27)15-26-22(28)18-4-2-3-5-19(18)23(26)29/h2-9,20H,10-15H2,1H3,(H,24,27)/t20-/m0/s1. The van der Waals surface area contributed by atoms with Gasteiger partial charge < -0.3 is 14.8 Å². The van der Waals surface area contributed by atoms with Gasteiger partial charge in [0.05, 0.1) is 37.5 Å².